The molecule has 1 heterocycles. The molecule has 0 aliphatic carbocycles. The second kappa shape index (κ2) is 3.24. The van der Waals surface area contributed by atoms with Gasteiger partial charge >= 0.3 is 0 Å². The molecule has 0 spiro atoms. The highest BCUT2D eigenvalue weighted by Gasteiger charge is 2.08. The predicted molar refractivity (Wildman–Crippen MR) is 48.8 cm³/mol. The fourth-order valence-electron chi connectivity index (χ4n) is 1.00. The number of aliphatic imine (C=N–C) groups is 1. The molecule has 0 aromatic carbocycles. The normalized spacial score (nSPS) is 25.7. The van der Waals surface area contributed by atoms with E-state index in [2.05, 4.69) is 31.2 Å². The summed E-state index contributed by atoms with van der Waals surface area (Å²) in [6.45, 7) is 4.28. The van der Waals surface area contributed by atoms with Gasteiger partial charge in [0.05, 0.1) is 11.1 Å². The van der Waals surface area contributed by atoms with E-state index in [4.69, 9.17) is 0 Å². The van der Waals surface area contributed by atoms with Crippen LogP contribution in [0.2, 0.25) is 0 Å². The van der Waals surface area contributed by atoms with Crippen LogP contribution in [-0.2, 0) is 0 Å². The lowest BCUT2D eigenvalue weighted by molar-refractivity contribution is 0.750. The third-order valence-electron chi connectivity index (χ3n) is 1.63. The average molecular weight is 155 g/mol. The fourth-order valence-corrected chi connectivity index (χ4v) is 1.69. The number of nitrogens with zero attached hydrogens (tertiary/aromatic N) is 1. The van der Waals surface area contributed by atoms with Gasteiger partial charge in [0, 0.05) is 0 Å². The molecule has 0 saturated carbocycles. The monoisotopic (exact) mass is 155 g/mol. The Labute approximate surface area is 66.6 Å². The van der Waals surface area contributed by atoms with Crippen LogP contribution in [0.3, 0.4) is 0 Å². The Morgan fingerprint density at radius 1 is 1.70 bits per heavy atom. The molecule has 2 heteroatoms. The Balaban J connectivity index is 2.74. The van der Waals surface area contributed by atoms with Gasteiger partial charge in [-0.1, -0.05) is 6.08 Å². The summed E-state index contributed by atoms with van der Waals surface area (Å²) in [6, 6.07) is 0.492. The summed E-state index contributed by atoms with van der Waals surface area (Å²) in [5, 5.41) is 1.21. The summed E-state index contributed by atoms with van der Waals surface area (Å²) in [5.41, 5.74) is 1.34. The van der Waals surface area contributed by atoms with Crippen molar-refractivity contribution in [2.24, 2.45) is 4.99 Å². The van der Waals surface area contributed by atoms with E-state index in [1.807, 2.05) is 0 Å². The maximum atomic E-state index is 4.49. The van der Waals surface area contributed by atoms with Crippen LogP contribution < -0.4 is 0 Å². The lowest BCUT2D eigenvalue weighted by atomic mass is 10.1. The molecule has 0 saturated heterocycles. The molecule has 1 nitrogen and oxygen atoms in total. The van der Waals surface area contributed by atoms with Crippen molar-refractivity contribution in [2.75, 3.05) is 6.26 Å². The first kappa shape index (κ1) is 7.86. The van der Waals surface area contributed by atoms with Crippen molar-refractivity contribution in [3.8, 4) is 0 Å². The van der Waals surface area contributed by atoms with E-state index in [-0.39, 0.29) is 0 Å². The molecule has 1 atom stereocenters. The van der Waals surface area contributed by atoms with Gasteiger partial charge in [0.25, 0.3) is 0 Å². The average Bonchev–Trinajstić information content (AvgIpc) is 1.94. The SMILES string of the molecule is CSC1=N[C@H](C)CC=C1C. The number of hydrogen-bond donors (Lipinski definition) is 0. The van der Waals surface area contributed by atoms with E-state index in [0.717, 1.165) is 6.42 Å². The minimum atomic E-state index is 0.492. The first-order valence-corrected chi connectivity index (χ1v) is 4.75. The highest BCUT2D eigenvalue weighted by Crippen LogP contribution is 2.17. The Kier molecular flexibility index (Phi) is 2.55. The molecule has 0 amide bonds. The van der Waals surface area contributed by atoms with Crippen LogP contribution in [-0.4, -0.2) is 17.3 Å². The third-order valence-corrected chi connectivity index (χ3v) is 2.45. The zero-order valence-corrected chi connectivity index (χ0v) is 7.53. The molecule has 1 rings (SSSR count). The van der Waals surface area contributed by atoms with E-state index in [9.17, 15) is 0 Å². The summed E-state index contributed by atoms with van der Waals surface area (Å²) in [6.07, 6.45) is 5.45. The molecule has 56 valence electrons. The van der Waals surface area contributed by atoms with Crippen molar-refractivity contribution in [2.45, 2.75) is 26.3 Å². The van der Waals surface area contributed by atoms with Crippen LogP contribution in [0.1, 0.15) is 20.3 Å². The van der Waals surface area contributed by atoms with Crippen LogP contribution >= 0.6 is 11.8 Å². The molecule has 0 aromatic rings. The number of rotatable bonds is 0. The van der Waals surface area contributed by atoms with E-state index in [0.29, 0.717) is 6.04 Å². The molecule has 0 radical (unpaired) electrons. The minimum absolute atomic E-state index is 0.492. The molecule has 10 heavy (non-hydrogen) atoms. The minimum Gasteiger partial charge on any atom is -0.275 e. The van der Waals surface area contributed by atoms with Crippen molar-refractivity contribution < 1.29 is 0 Å². The summed E-state index contributed by atoms with van der Waals surface area (Å²) in [5.74, 6) is 0. The molecule has 1 aliphatic rings. The first-order chi connectivity index (χ1) is 4.74. The van der Waals surface area contributed by atoms with Crippen LogP contribution in [0.4, 0.5) is 0 Å². The zero-order chi connectivity index (χ0) is 7.56. The van der Waals surface area contributed by atoms with Crippen LogP contribution in [0.5, 0.6) is 0 Å². The fraction of sp³-hybridized carbons (Fsp3) is 0.625. The lowest BCUT2D eigenvalue weighted by Crippen LogP contribution is -2.08. The molecule has 0 N–H and O–H groups in total. The lowest BCUT2D eigenvalue weighted by Gasteiger charge is -2.13. The van der Waals surface area contributed by atoms with Crippen molar-refractivity contribution >= 4 is 16.8 Å². The summed E-state index contributed by atoms with van der Waals surface area (Å²) >= 11 is 1.74. The van der Waals surface area contributed by atoms with Gasteiger partial charge in [0.1, 0.15) is 0 Å². The van der Waals surface area contributed by atoms with Gasteiger partial charge in [-0.3, -0.25) is 4.99 Å². The molecule has 1 aliphatic heterocycles. The quantitative estimate of drug-likeness (QED) is 0.523. The van der Waals surface area contributed by atoms with Gasteiger partial charge in [-0.2, -0.15) is 0 Å². The molecule has 0 fully saturated rings. The molecular formula is C8H13NS. The third kappa shape index (κ3) is 1.63. The van der Waals surface area contributed by atoms with Gasteiger partial charge in [0.2, 0.25) is 0 Å². The summed E-state index contributed by atoms with van der Waals surface area (Å²) in [7, 11) is 0. The molecule has 0 aromatic heterocycles. The topological polar surface area (TPSA) is 12.4 Å². The van der Waals surface area contributed by atoms with E-state index >= 15 is 0 Å². The Morgan fingerprint density at radius 3 is 2.90 bits per heavy atom. The molecular weight excluding hydrogens is 142 g/mol. The van der Waals surface area contributed by atoms with Gasteiger partial charge < -0.3 is 0 Å². The van der Waals surface area contributed by atoms with Crippen molar-refractivity contribution in [3.63, 3.8) is 0 Å². The second-order valence-electron chi connectivity index (χ2n) is 2.61. The van der Waals surface area contributed by atoms with Gasteiger partial charge in [0.15, 0.2) is 0 Å². The van der Waals surface area contributed by atoms with Crippen molar-refractivity contribution in [1.82, 2.24) is 0 Å². The van der Waals surface area contributed by atoms with Crippen LogP contribution in [0.25, 0.3) is 0 Å². The Morgan fingerprint density at radius 2 is 2.40 bits per heavy atom. The highest BCUT2D eigenvalue weighted by molar-refractivity contribution is 8.13. The molecule has 0 unspecified atom stereocenters. The van der Waals surface area contributed by atoms with Gasteiger partial charge in [-0.05, 0) is 32.1 Å². The maximum absolute atomic E-state index is 4.49. The number of dihydropyridines is 1. The number of hydrogen-bond acceptors (Lipinski definition) is 2. The second-order valence-corrected chi connectivity index (χ2v) is 3.41. The smallest absolute Gasteiger partial charge is 0.0931 e. The Hall–Kier alpha value is -0.240. The van der Waals surface area contributed by atoms with Crippen LogP contribution in [0.15, 0.2) is 16.6 Å². The van der Waals surface area contributed by atoms with Gasteiger partial charge in [-0.15, -0.1) is 11.8 Å². The summed E-state index contributed by atoms with van der Waals surface area (Å²) < 4.78 is 0. The van der Waals surface area contributed by atoms with Crippen molar-refractivity contribution in [3.05, 3.63) is 11.6 Å². The highest BCUT2D eigenvalue weighted by atomic mass is 32.2. The first-order valence-electron chi connectivity index (χ1n) is 3.53. The van der Waals surface area contributed by atoms with E-state index in [1.165, 1.54) is 10.6 Å². The largest absolute Gasteiger partial charge is 0.275 e. The van der Waals surface area contributed by atoms with E-state index < -0.39 is 0 Å². The summed E-state index contributed by atoms with van der Waals surface area (Å²) in [4.78, 5) is 4.49. The maximum Gasteiger partial charge on any atom is 0.0931 e. The van der Waals surface area contributed by atoms with Crippen LogP contribution in [0, 0.1) is 0 Å². The standard InChI is InChI=1S/C8H13NS/c1-6-4-5-7(2)9-8(6)10-3/h4,7H,5H2,1-3H3/t7-/m1/s1. The number of thioether (sulfide) groups is 1. The predicted octanol–water partition coefficient (Wildman–Crippen LogP) is 2.49. The molecule has 0 bridgehead atoms. The zero-order valence-electron chi connectivity index (χ0n) is 6.72. The van der Waals surface area contributed by atoms with E-state index in [1.54, 1.807) is 11.8 Å². The van der Waals surface area contributed by atoms with Crippen molar-refractivity contribution in [1.29, 1.82) is 0 Å². The Bertz CT molecular complexity index is 182. The van der Waals surface area contributed by atoms with Gasteiger partial charge in [-0.25, -0.2) is 0 Å².